The van der Waals surface area contributed by atoms with E-state index in [-0.39, 0.29) is 11.8 Å². The van der Waals surface area contributed by atoms with Crippen LogP contribution in [-0.2, 0) is 6.54 Å². The molecule has 7 nitrogen and oxygen atoms in total. The van der Waals surface area contributed by atoms with E-state index in [2.05, 4.69) is 20.3 Å². The summed E-state index contributed by atoms with van der Waals surface area (Å²) >= 11 is 12.8. The highest BCUT2D eigenvalue weighted by Gasteiger charge is 2.19. The van der Waals surface area contributed by atoms with E-state index >= 15 is 0 Å². The van der Waals surface area contributed by atoms with Crippen molar-refractivity contribution >= 4 is 45.3 Å². The summed E-state index contributed by atoms with van der Waals surface area (Å²) in [4.78, 5) is 8.96. The van der Waals surface area contributed by atoms with Crippen LogP contribution >= 0.6 is 23.2 Å². The Kier molecular flexibility index (Phi) is 4.49. The van der Waals surface area contributed by atoms with Crippen molar-refractivity contribution in [2.75, 3.05) is 14.2 Å². The molecule has 0 saturated carbocycles. The monoisotopic (exact) mass is 403 g/mol. The number of nitrogens with zero attached hydrogens (tertiary/aromatic N) is 5. The Labute approximate surface area is 164 Å². The summed E-state index contributed by atoms with van der Waals surface area (Å²) < 4.78 is 12.3. The maximum Gasteiger partial charge on any atom is 0.278 e. The van der Waals surface area contributed by atoms with E-state index in [1.54, 1.807) is 10.7 Å². The summed E-state index contributed by atoms with van der Waals surface area (Å²) in [5.41, 5.74) is 4.61. The number of ether oxygens (including phenoxy) is 2. The number of hydrogen-bond donors (Lipinski definition) is 0. The minimum absolute atomic E-state index is 0.267. The molecular weight excluding hydrogens is 389 g/mol. The highest BCUT2D eigenvalue weighted by molar-refractivity contribution is 6.43. The molecule has 0 saturated heterocycles. The van der Waals surface area contributed by atoms with Crippen molar-refractivity contribution in [3.8, 4) is 11.8 Å². The van der Waals surface area contributed by atoms with E-state index in [1.165, 1.54) is 14.2 Å². The van der Waals surface area contributed by atoms with Crippen LogP contribution in [0.2, 0.25) is 10.0 Å². The van der Waals surface area contributed by atoms with Gasteiger partial charge in [-0.05, 0) is 30.7 Å². The molecular formula is C18H15Cl2N5O2. The molecule has 0 aliphatic heterocycles. The van der Waals surface area contributed by atoms with Crippen LogP contribution in [0.4, 0.5) is 0 Å². The predicted octanol–water partition coefficient (Wildman–Crippen LogP) is 4.06. The average molecular weight is 404 g/mol. The fraction of sp³-hybridized carbons (Fsp3) is 0.222. The molecule has 0 aliphatic rings. The summed E-state index contributed by atoms with van der Waals surface area (Å²) in [6, 6.07) is 7.61. The molecule has 0 bridgehead atoms. The van der Waals surface area contributed by atoms with E-state index in [0.29, 0.717) is 33.2 Å². The third-order valence-corrected chi connectivity index (χ3v) is 5.08. The van der Waals surface area contributed by atoms with Gasteiger partial charge in [-0.2, -0.15) is 0 Å². The van der Waals surface area contributed by atoms with Crippen LogP contribution in [0.5, 0.6) is 11.8 Å². The molecule has 4 aromatic rings. The number of halogens is 2. The first-order chi connectivity index (χ1) is 13.0. The van der Waals surface area contributed by atoms with Crippen molar-refractivity contribution in [3.05, 3.63) is 45.4 Å². The number of rotatable bonds is 4. The Balaban J connectivity index is 1.92. The van der Waals surface area contributed by atoms with E-state index in [9.17, 15) is 0 Å². The lowest BCUT2D eigenvalue weighted by Gasteiger charge is -2.13. The van der Waals surface area contributed by atoms with Gasteiger partial charge >= 0.3 is 0 Å². The van der Waals surface area contributed by atoms with Crippen molar-refractivity contribution in [3.63, 3.8) is 0 Å². The smallest absolute Gasteiger partial charge is 0.278 e. The van der Waals surface area contributed by atoms with Crippen LogP contribution in [0, 0.1) is 6.92 Å². The van der Waals surface area contributed by atoms with Crippen molar-refractivity contribution in [1.29, 1.82) is 0 Å². The first-order valence-corrected chi connectivity index (χ1v) is 8.84. The normalized spacial score (nSPS) is 11.3. The summed E-state index contributed by atoms with van der Waals surface area (Å²) in [5, 5.41) is 9.24. The molecule has 9 heteroatoms. The van der Waals surface area contributed by atoms with Gasteiger partial charge < -0.3 is 9.47 Å². The highest BCUT2D eigenvalue weighted by Crippen LogP contribution is 2.35. The molecule has 0 amide bonds. The SMILES string of the molecule is COc1nc2cc(Cl)c(Cl)c(Cn3nnc4cc(C)ccc43)c2nc1OC. The first-order valence-electron chi connectivity index (χ1n) is 8.08. The van der Waals surface area contributed by atoms with Crippen molar-refractivity contribution in [2.24, 2.45) is 0 Å². The fourth-order valence-corrected chi connectivity index (χ4v) is 3.35. The molecule has 0 aliphatic carbocycles. The molecule has 138 valence electrons. The first kappa shape index (κ1) is 17.8. The van der Waals surface area contributed by atoms with Crippen LogP contribution < -0.4 is 9.47 Å². The molecule has 0 fully saturated rings. The number of methoxy groups -OCH3 is 2. The highest BCUT2D eigenvalue weighted by atomic mass is 35.5. The van der Waals surface area contributed by atoms with Crippen LogP contribution in [-0.4, -0.2) is 39.2 Å². The van der Waals surface area contributed by atoms with Crippen LogP contribution in [0.3, 0.4) is 0 Å². The van der Waals surface area contributed by atoms with Gasteiger partial charge in [-0.15, -0.1) is 5.10 Å². The molecule has 0 unspecified atom stereocenters. The largest absolute Gasteiger partial charge is 0.477 e. The Hall–Kier alpha value is -2.64. The Morgan fingerprint density at radius 3 is 2.48 bits per heavy atom. The maximum absolute atomic E-state index is 6.50. The van der Waals surface area contributed by atoms with Gasteiger partial charge in [0.1, 0.15) is 5.52 Å². The van der Waals surface area contributed by atoms with Crippen molar-refractivity contribution in [1.82, 2.24) is 25.0 Å². The van der Waals surface area contributed by atoms with Gasteiger partial charge in [0.2, 0.25) is 0 Å². The van der Waals surface area contributed by atoms with E-state index in [1.807, 2.05) is 25.1 Å². The van der Waals surface area contributed by atoms with E-state index < -0.39 is 0 Å². The van der Waals surface area contributed by atoms with Gasteiger partial charge in [-0.1, -0.05) is 34.5 Å². The van der Waals surface area contributed by atoms with E-state index in [0.717, 1.165) is 16.6 Å². The number of aryl methyl sites for hydroxylation is 1. The molecule has 2 aromatic carbocycles. The van der Waals surface area contributed by atoms with Crippen LogP contribution in [0.1, 0.15) is 11.1 Å². The zero-order valence-electron chi connectivity index (χ0n) is 14.8. The van der Waals surface area contributed by atoms with Crippen molar-refractivity contribution < 1.29 is 9.47 Å². The van der Waals surface area contributed by atoms with Crippen LogP contribution in [0.25, 0.3) is 22.1 Å². The predicted molar refractivity (Wildman–Crippen MR) is 104 cm³/mol. The Morgan fingerprint density at radius 2 is 1.74 bits per heavy atom. The topological polar surface area (TPSA) is 75.0 Å². The summed E-state index contributed by atoms with van der Waals surface area (Å²) in [6.07, 6.45) is 0. The van der Waals surface area contributed by atoms with E-state index in [4.69, 9.17) is 32.7 Å². The van der Waals surface area contributed by atoms with Gasteiger partial charge in [0.25, 0.3) is 11.8 Å². The number of fused-ring (bicyclic) bond motifs is 2. The summed E-state index contributed by atoms with van der Waals surface area (Å²) in [5.74, 6) is 0.541. The lowest BCUT2D eigenvalue weighted by Crippen LogP contribution is -2.06. The number of hydrogen-bond acceptors (Lipinski definition) is 6. The van der Waals surface area contributed by atoms with Crippen LogP contribution in [0.15, 0.2) is 24.3 Å². The second kappa shape index (κ2) is 6.83. The molecule has 2 aromatic heterocycles. The molecule has 2 heterocycles. The Bertz CT molecular complexity index is 1180. The standard InChI is InChI=1S/C18H15Cl2N5O2/c1-9-4-5-14-12(6-9)23-24-25(14)8-10-15(20)11(19)7-13-16(10)22-18(27-3)17(21-13)26-2/h4-7H,8H2,1-3H3. The average Bonchev–Trinajstić information content (AvgIpc) is 3.06. The molecule has 4 rings (SSSR count). The van der Waals surface area contributed by atoms with Gasteiger partial charge in [-0.3, -0.25) is 0 Å². The lowest BCUT2D eigenvalue weighted by molar-refractivity contribution is 0.334. The quantitative estimate of drug-likeness (QED) is 0.511. The minimum Gasteiger partial charge on any atom is -0.477 e. The second-order valence-corrected chi connectivity index (χ2v) is 6.79. The minimum atomic E-state index is 0.267. The summed E-state index contributed by atoms with van der Waals surface area (Å²) in [6.45, 7) is 2.34. The second-order valence-electron chi connectivity index (χ2n) is 6.00. The molecule has 0 atom stereocenters. The third kappa shape index (κ3) is 3.02. The zero-order valence-corrected chi connectivity index (χ0v) is 16.3. The third-order valence-electron chi connectivity index (χ3n) is 4.25. The lowest BCUT2D eigenvalue weighted by atomic mass is 10.1. The Morgan fingerprint density at radius 1 is 1.00 bits per heavy atom. The molecule has 27 heavy (non-hydrogen) atoms. The number of aromatic nitrogens is 5. The van der Waals surface area contributed by atoms with Gasteiger partial charge in [0, 0.05) is 5.56 Å². The van der Waals surface area contributed by atoms with Gasteiger partial charge in [-0.25, -0.2) is 14.6 Å². The zero-order chi connectivity index (χ0) is 19.1. The molecule has 0 N–H and O–H groups in total. The number of benzene rings is 2. The molecule has 0 spiro atoms. The van der Waals surface area contributed by atoms with Crippen molar-refractivity contribution in [2.45, 2.75) is 13.5 Å². The fourth-order valence-electron chi connectivity index (χ4n) is 2.93. The molecule has 0 radical (unpaired) electrons. The summed E-state index contributed by atoms with van der Waals surface area (Å²) in [7, 11) is 3.00. The van der Waals surface area contributed by atoms with Gasteiger partial charge in [0.05, 0.1) is 47.4 Å². The maximum atomic E-state index is 6.50. The van der Waals surface area contributed by atoms with Gasteiger partial charge in [0.15, 0.2) is 0 Å².